The van der Waals surface area contributed by atoms with Crippen LogP contribution in [0.15, 0.2) is 302 Å². The number of hydrogen-bond donors (Lipinski definition) is 0. The average Bonchev–Trinajstić information content (AvgIpc) is 4.19. The Hall–Kier alpha value is -10.2. The Morgan fingerprint density at radius 2 is 0.610 bits per heavy atom. The molecule has 0 amide bonds. The van der Waals surface area contributed by atoms with Crippen molar-refractivity contribution in [1.82, 2.24) is 9.13 Å². The maximum Gasteiger partial charge on any atom is 0.0727 e. The highest BCUT2D eigenvalue weighted by molar-refractivity contribution is 7.20. The van der Waals surface area contributed by atoms with Crippen molar-refractivity contribution in [3.05, 3.63) is 302 Å². The van der Waals surface area contributed by atoms with Crippen molar-refractivity contribution < 1.29 is 0 Å². The number of benzene rings is 12. The van der Waals surface area contributed by atoms with Gasteiger partial charge in [-0.3, -0.25) is 0 Å². The summed E-state index contributed by atoms with van der Waals surface area (Å²) in [6.45, 7) is 0. The molecule has 0 radical (unpaired) electrons. The van der Waals surface area contributed by atoms with Crippen molar-refractivity contribution >= 4 is 121 Å². The Kier molecular flexibility index (Phi) is 11.5. The van der Waals surface area contributed by atoms with Crippen molar-refractivity contribution in [1.29, 1.82) is 0 Å². The normalized spacial score (nSPS) is 11.7. The third-order valence-electron chi connectivity index (χ3n) is 16.3. The molecule has 0 aliphatic heterocycles. The van der Waals surface area contributed by atoms with Gasteiger partial charge in [-0.1, -0.05) is 170 Å². The van der Waals surface area contributed by atoms with Gasteiger partial charge in [0, 0.05) is 82.4 Å². The van der Waals surface area contributed by atoms with E-state index in [1.165, 1.54) is 103 Å². The Balaban J connectivity index is 0.849. The van der Waals surface area contributed by atoms with Gasteiger partial charge >= 0.3 is 0 Å². The first kappa shape index (κ1) is 47.7. The molecule has 0 spiro atoms. The first-order chi connectivity index (χ1) is 40.7. The van der Waals surface area contributed by atoms with E-state index in [4.69, 9.17) is 0 Å². The zero-order valence-electron chi connectivity index (χ0n) is 44.5. The van der Waals surface area contributed by atoms with E-state index in [1.54, 1.807) is 0 Å². The van der Waals surface area contributed by atoms with Crippen molar-refractivity contribution in [3.63, 3.8) is 0 Å². The van der Waals surface area contributed by atoms with E-state index in [9.17, 15) is 0 Å². The van der Waals surface area contributed by atoms with Gasteiger partial charge in [0.05, 0.1) is 32.5 Å². The maximum absolute atomic E-state index is 2.51. The van der Waals surface area contributed by atoms with E-state index in [2.05, 4.69) is 321 Å². The van der Waals surface area contributed by atoms with Crippen molar-refractivity contribution in [2.45, 2.75) is 0 Å². The minimum atomic E-state index is 1.08. The highest BCUT2D eigenvalue weighted by Crippen LogP contribution is 2.53. The molecule has 0 saturated carbocycles. The quantitative estimate of drug-likeness (QED) is 0.128. The Morgan fingerprint density at radius 3 is 1.11 bits per heavy atom. The summed E-state index contributed by atoms with van der Waals surface area (Å²) < 4.78 is 7.28. The number of para-hydroxylation sites is 4. The molecule has 0 fully saturated rings. The summed E-state index contributed by atoms with van der Waals surface area (Å²) in [7, 11) is 0. The van der Waals surface area contributed by atoms with Crippen LogP contribution in [0.2, 0.25) is 0 Å². The lowest BCUT2D eigenvalue weighted by molar-refractivity contribution is 1.18. The van der Waals surface area contributed by atoms with Crippen LogP contribution in [0.5, 0.6) is 0 Å². The highest BCUT2D eigenvalue weighted by Gasteiger charge is 2.26. The fourth-order valence-corrected chi connectivity index (χ4v) is 14.5. The molecule has 82 heavy (non-hydrogen) atoms. The predicted octanol–water partition coefficient (Wildman–Crippen LogP) is 22.3. The maximum atomic E-state index is 2.51. The van der Waals surface area contributed by atoms with Crippen LogP contribution < -0.4 is 9.80 Å². The summed E-state index contributed by atoms with van der Waals surface area (Å²) in [4.78, 5) is 4.92. The number of nitrogens with zero attached hydrogens (tertiary/aromatic N) is 4. The molecular weight excluding hydrogens is 1030 g/mol. The predicted molar refractivity (Wildman–Crippen MR) is 352 cm³/mol. The molecule has 0 aliphatic rings. The van der Waals surface area contributed by atoms with Gasteiger partial charge in [-0.2, -0.15) is 0 Å². The smallest absolute Gasteiger partial charge is 0.0727 e. The topological polar surface area (TPSA) is 16.3 Å². The molecule has 386 valence electrons. The molecule has 6 heteroatoms. The van der Waals surface area contributed by atoms with E-state index < -0.39 is 0 Å². The van der Waals surface area contributed by atoms with Gasteiger partial charge in [0.15, 0.2) is 0 Å². The molecular formula is C76H50N4S2. The first-order valence-electron chi connectivity index (χ1n) is 27.8. The van der Waals surface area contributed by atoms with Gasteiger partial charge in [0.25, 0.3) is 0 Å². The minimum Gasteiger partial charge on any atom is -0.310 e. The van der Waals surface area contributed by atoms with Gasteiger partial charge in [-0.05, 0) is 160 Å². The largest absolute Gasteiger partial charge is 0.310 e. The van der Waals surface area contributed by atoms with Crippen molar-refractivity contribution in [3.8, 4) is 44.8 Å². The molecule has 0 saturated heterocycles. The Bertz CT molecular complexity index is 4950. The molecule has 4 nitrogen and oxygen atoms in total. The van der Waals surface area contributed by atoms with Crippen molar-refractivity contribution in [2.24, 2.45) is 0 Å². The van der Waals surface area contributed by atoms with E-state index in [1.807, 2.05) is 22.7 Å². The summed E-state index contributed by atoms with van der Waals surface area (Å²) in [6, 6.07) is 106. The van der Waals surface area contributed by atoms with Crippen LogP contribution in [0.1, 0.15) is 0 Å². The fourth-order valence-electron chi connectivity index (χ4n) is 12.5. The summed E-state index contributed by atoms with van der Waals surface area (Å²) in [5.74, 6) is 0. The summed E-state index contributed by atoms with van der Waals surface area (Å²) in [5.41, 5.74) is 20.9. The molecule has 0 aliphatic carbocycles. The van der Waals surface area contributed by atoms with Gasteiger partial charge in [-0.25, -0.2) is 0 Å². The van der Waals surface area contributed by atoms with E-state index >= 15 is 0 Å². The molecule has 0 N–H and O–H groups in total. The first-order valence-corrected chi connectivity index (χ1v) is 29.6. The Morgan fingerprint density at radius 1 is 0.244 bits per heavy atom. The molecule has 4 aromatic heterocycles. The summed E-state index contributed by atoms with van der Waals surface area (Å²) in [5, 5.41) is 11.9. The third-order valence-corrected chi connectivity index (χ3v) is 18.1. The van der Waals surface area contributed by atoms with Crippen LogP contribution in [0.25, 0.3) is 109 Å². The molecule has 16 aromatic rings. The molecule has 0 atom stereocenters. The lowest BCUT2D eigenvalue weighted by atomic mass is 9.97. The molecule has 16 rings (SSSR count). The number of anilines is 6. The van der Waals surface area contributed by atoms with E-state index in [0.717, 1.165) is 39.8 Å². The van der Waals surface area contributed by atoms with Gasteiger partial charge in [-0.15, -0.1) is 22.7 Å². The lowest BCUT2D eigenvalue weighted by Gasteiger charge is -2.28. The monoisotopic (exact) mass is 1080 g/mol. The number of thiophene rings is 2. The standard InChI is InChI=1S/C76H50N4S2/c1-5-17-51(18-6-1)53-29-35-58(36-30-53)77(61-41-43-71-67(49-61)63-25-13-15-27-69(63)79(71)56-21-9-3-10-22-56)59-39-33-55(34-40-59)73-65-45-47-82-76(65)74(66-46-48-81-75(66)73)78(60-37-31-54(32-38-60)52-19-7-2-8-20-52)62-42-44-72-68(50-62)64-26-14-16-28-70(64)80(72)57-23-11-4-12-24-57/h1-50H. The molecule has 12 aromatic carbocycles. The summed E-state index contributed by atoms with van der Waals surface area (Å²) >= 11 is 3.64. The van der Waals surface area contributed by atoms with E-state index in [-0.39, 0.29) is 0 Å². The molecule has 0 unspecified atom stereocenters. The van der Waals surface area contributed by atoms with Crippen LogP contribution in [0.4, 0.5) is 34.1 Å². The van der Waals surface area contributed by atoms with Gasteiger partial charge < -0.3 is 18.9 Å². The number of fused-ring (bicyclic) bond motifs is 8. The van der Waals surface area contributed by atoms with Gasteiger partial charge in [0.1, 0.15) is 0 Å². The molecule has 0 bridgehead atoms. The lowest BCUT2D eigenvalue weighted by Crippen LogP contribution is -2.11. The zero-order valence-corrected chi connectivity index (χ0v) is 46.1. The van der Waals surface area contributed by atoms with Crippen LogP contribution in [0.3, 0.4) is 0 Å². The second kappa shape index (κ2) is 19.8. The highest BCUT2D eigenvalue weighted by atomic mass is 32.1. The summed E-state index contributed by atoms with van der Waals surface area (Å²) in [6.07, 6.45) is 0. The van der Waals surface area contributed by atoms with Gasteiger partial charge in [0.2, 0.25) is 0 Å². The third kappa shape index (κ3) is 7.94. The number of hydrogen-bond acceptors (Lipinski definition) is 4. The molecule has 4 heterocycles. The van der Waals surface area contributed by atoms with Crippen molar-refractivity contribution in [2.75, 3.05) is 9.80 Å². The zero-order chi connectivity index (χ0) is 54.1. The van der Waals surface area contributed by atoms with E-state index in [0.29, 0.717) is 0 Å². The Labute approximate surface area is 483 Å². The van der Waals surface area contributed by atoms with Crippen LogP contribution in [0, 0.1) is 0 Å². The fraction of sp³-hybridized carbons (Fsp3) is 0. The minimum absolute atomic E-state index is 1.08. The van der Waals surface area contributed by atoms with Crippen LogP contribution in [-0.2, 0) is 0 Å². The number of rotatable bonds is 11. The average molecular weight is 1080 g/mol. The number of aromatic nitrogens is 2. The second-order valence-corrected chi connectivity index (χ2v) is 22.7. The van der Waals surface area contributed by atoms with Crippen LogP contribution >= 0.6 is 22.7 Å². The van der Waals surface area contributed by atoms with Crippen LogP contribution in [-0.4, -0.2) is 9.13 Å². The second-order valence-electron chi connectivity index (χ2n) is 20.9. The SMILES string of the molecule is c1ccc(-c2ccc(N(c3ccc(-c4c5ccsc5c(N(c5ccc(-c6ccccc6)cc5)c5ccc6c(c5)c5ccccc5n6-c5ccccc5)c5ccsc45)cc3)c3ccc4c(c3)c3ccccc3n4-c3ccccc3)cc2)cc1.